The summed E-state index contributed by atoms with van der Waals surface area (Å²) in [6, 6.07) is 7.23. The van der Waals surface area contributed by atoms with E-state index < -0.39 is 0 Å². The van der Waals surface area contributed by atoms with Gasteiger partial charge >= 0.3 is 0 Å². The molecule has 14 heavy (non-hydrogen) atoms. The lowest BCUT2D eigenvalue weighted by Gasteiger charge is -2.09. The number of ketones is 1. The number of carbonyl (C=O) groups is 1. The van der Waals surface area contributed by atoms with Crippen molar-refractivity contribution in [2.75, 3.05) is 6.61 Å². The Morgan fingerprint density at radius 2 is 2.07 bits per heavy atom. The van der Waals surface area contributed by atoms with Crippen molar-refractivity contribution in [3.05, 3.63) is 48.0 Å². The summed E-state index contributed by atoms with van der Waals surface area (Å²) in [6.07, 6.45) is 1.70. The first-order valence-corrected chi connectivity index (χ1v) is 4.53. The summed E-state index contributed by atoms with van der Waals surface area (Å²) in [6.45, 7) is 5.22. The molecular weight excluding hydrogens is 176 g/mol. The molecule has 0 aliphatic rings. The standard InChI is InChI=1S/C12H14O2/c1-3-10(8-13)12-6-4-11(5-7-12)9(2)14/h3-7,10,13H,1,8H2,2H3/t10-/m0/s1. The molecule has 2 heteroatoms. The number of benzene rings is 1. The van der Waals surface area contributed by atoms with E-state index in [9.17, 15) is 4.79 Å². The lowest BCUT2D eigenvalue weighted by molar-refractivity contribution is 0.101. The SMILES string of the molecule is C=C[C@@H](CO)c1ccc(C(C)=O)cc1. The zero-order valence-corrected chi connectivity index (χ0v) is 8.23. The summed E-state index contributed by atoms with van der Waals surface area (Å²) in [5.41, 5.74) is 1.67. The van der Waals surface area contributed by atoms with E-state index in [4.69, 9.17) is 5.11 Å². The van der Waals surface area contributed by atoms with Crippen LogP contribution in [0.4, 0.5) is 0 Å². The summed E-state index contributed by atoms with van der Waals surface area (Å²) in [5, 5.41) is 9.02. The molecule has 0 unspecified atom stereocenters. The molecule has 0 heterocycles. The molecule has 0 radical (unpaired) electrons. The highest BCUT2D eigenvalue weighted by Gasteiger charge is 2.06. The van der Waals surface area contributed by atoms with Gasteiger partial charge in [-0.25, -0.2) is 0 Å². The average molecular weight is 190 g/mol. The molecule has 0 saturated heterocycles. The van der Waals surface area contributed by atoms with Crippen LogP contribution in [0.2, 0.25) is 0 Å². The fourth-order valence-electron chi connectivity index (χ4n) is 1.28. The van der Waals surface area contributed by atoms with Crippen LogP contribution in [-0.2, 0) is 0 Å². The quantitative estimate of drug-likeness (QED) is 0.583. The van der Waals surface area contributed by atoms with Crippen molar-refractivity contribution in [1.29, 1.82) is 0 Å². The van der Waals surface area contributed by atoms with E-state index >= 15 is 0 Å². The molecule has 1 N–H and O–H groups in total. The van der Waals surface area contributed by atoms with Gasteiger partial charge in [-0.15, -0.1) is 6.58 Å². The molecule has 0 saturated carbocycles. The van der Waals surface area contributed by atoms with Crippen LogP contribution < -0.4 is 0 Å². The van der Waals surface area contributed by atoms with Gasteiger partial charge in [-0.2, -0.15) is 0 Å². The van der Waals surface area contributed by atoms with Crippen molar-refractivity contribution in [3.8, 4) is 0 Å². The van der Waals surface area contributed by atoms with Crippen LogP contribution in [-0.4, -0.2) is 17.5 Å². The fraction of sp³-hybridized carbons (Fsp3) is 0.250. The number of hydrogen-bond acceptors (Lipinski definition) is 2. The van der Waals surface area contributed by atoms with Gasteiger partial charge in [0.15, 0.2) is 5.78 Å². The molecule has 0 aromatic heterocycles. The third-order valence-electron chi connectivity index (χ3n) is 2.23. The molecule has 0 fully saturated rings. The molecule has 0 aliphatic heterocycles. The van der Waals surface area contributed by atoms with Gasteiger partial charge in [-0.3, -0.25) is 4.79 Å². The smallest absolute Gasteiger partial charge is 0.159 e. The Labute approximate surface area is 83.9 Å². The number of Topliss-reactive ketones (excluding diaryl/α,β-unsaturated/α-hetero) is 1. The maximum absolute atomic E-state index is 11.0. The Balaban J connectivity index is 2.92. The Bertz CT molecular complexity index is 325. The minimum Gasteiger partial charge on any atom is -0.395 e. The lowest BCUT2D eigenvalue weighted by atomic mass is 9.98. The summed E-state index contributed by atoms with van der Waals surface area (Å²) in [5.74, 6) is 0.00621. The molecule has 0 aliphatic carbocycles. The molecule has 0 bridgehead atoms. The molecule has 2 nitrogen and oxygen atoms in total. The van der Waals surface area contributed by atoms with Crippen LogP contribution in [0.3, 0.4) is 0 Å². The number of carbonyl (C=O) groups excluding carboxylic acids is 1. The topological polar surface area (TPSA) is 37.3 Å². The van der Waals surface area contributed by atoms with Crippen LogP contribution in [0.5, 0.6) is 0 Å². The number of rotatable bonds is 4. The molecule has 1 atom stereocenters. The second kappa shape index (κ2) is 4.72. The van der Waals surface area contributed by atoms with Crippen molar-refractivity contribution in [1.82, 2.24) is 0 Å². The second-order valence-corrected chi connectivity index (χ2v) is 3.20. The monoisotopic (exact) mass is 190 g/mol. The van der Waals surface area contributed by atoms with Gasteiger partial charge in [-0.1, -0.05) is 30.3 Å². The second-order valence-electron chi connectivity index (χ2n) is 3.20. The Hall–Kier alpha value is -1.41. The van der Waals surface area contributed by atoms with E-state index in [-0.39, 0.29) is 18.3 Å². The van der Waals surface area contributed by atoms with Crippen molar-refractivity contribution < 1.29 is 9.90 Å². The largest absolute Gasteiger partial charge is 0.395 e. The minimum atomic E-state index is -0.0454. The van der Waals surface area contributed by atoms with Gasteiger partial charge in [0.05, 0.1) is 6.61 Å². The molecule has 1 aromatic rings. The molecule has 1 rings (SSSR count). The third-order valence-corrected chi connectivity index (χ3v) is 2.23. The first kappa shape index (κ1) is 10.7. The zero-order chi connectivity index (χ0) is 10.6. The normalized spacial score (nSPS) is 12.1. The average Bonchev–Trinajstić information content (AvgIpc) is 2.20. The van der Waals surface area contributed by atoms with Gasteiger partial charge in [0, 0.05) is 11.5 Å². The summed E-state index contributed by atoms with van der Waals surface area (Å²) >= 11 is 0. The van der Waals surface area contributed by atoms with E-state index in [0.29, 0.717) is 5.56 Å². The molecular formula is C12H14O2. The van der Waals surface area contributed by atoms with Gasteiger partial charge < -0.3 is 5.11 Å². The Morgan fingerprint density at radius 1 is 1.50 bits per heavy atom. The van der Waals surface area contributed by atoms with Crippen molar-refractivity contribution in [2.45, 2.75) is 12.8 Å². The first-order valence-electron chi connectivity index (χ1n) is 4.53. The van der Waals surface area contributed by atoms with Crippen LogP contribution in [0.15, 0.2) is 36.9 Å². The van der Waals surface area contributed by atoms with Gasteiger partial charge in [0.25, 0.3) is 0 Å². The molecule has 0 amide bonds. The van der Waals surface area contributed by atoms with E-state index in [0.717, 1.165) is 5.56 Å². The maximum Gasteiger partial charge on any atom is 0.159 e. The van der Waals surface area contributed by atoms with Gasteiger partial charge in [0.1, 0.15) is 0 Å². The summed E-state index contributed by atoms with van der Waals surface area (Å²) < 4.78 is 0. The Kier molecular flexibility index (Phi) is 3.60. The van der Waals surface area contributed by atoms with E-state index in [2.05, 4.69) is 6.58 Å². The highest BCUT2D eigenvalue weighted by atomic mass is 16.3. The first-order chi connectivity index (χ1) is 6.69. The van der Waals surface area contributed by atoms with Crippen LogP contribution in [0, 0.1) is 0 Å². The maximum atomic E-state index is 11.0. The van der Waals surface area contributed by atoms with Gasteiger partial charge in [-0.05, 0) is 12.5 Å². The lowest BCUT2D eigenvalue weighted by Crippen LogP contribution is -2.01. The predicted molar refractivity (Wildman–Crippen MR) is 56.5 cm³/mol. The van der Waals surface area contributed by atoms with Crippen molar-refractivity contribution in [3.63, 3.8) is 0 Å². The summed E-state index contributed by atoms with van der Waals surface area (Å²) in [4.78, 5) is 11.0. The molecule has 0 spiro atoms. The van der Waals surface area contributed by atoms with Crippen molar-refractivity contribution in [2.24, 2.45) is 0 Å². The zero-order valence-electron chi connectivity index (χ0n) is 8.23. The highest BCUT2D eigenvalue weighted by Crippen LogP contribution is 2.16. The number of hydrogen-bond donors (Lipinski definition) is 1. The third kappa shape index (κ3) is 2.30. The minimum absolute atomic E-state index is 0.0446. The van der Waals surface area contributed by atoms with Crippen LogP contribution in [0.1, 0.15) is 28.8 Å². The predicted octanol–water partition coefficient (Wildman–Crippen LogP) is 2.15. The van der Waals surface area contributed by atoms with Crippen LogP contribution >= 0.6 is 0 Å². The highest BCUT2D eigenvalue weighted by molar-refractivity contribution is 5.94. The van der Waals surface area contributed by atoms with Gasteiger partial charge in [0.2, 0.25) is 0 Å². The van der Waals surface area contributed by atoms with E-state index in [1.165, 1.54) is 6.92 Å². The van der Waals surface area contributed by atoms with E-state index in [1.807, 2.05) is 12.1 Å². The molecule has 1 aromatic carbocycles. The van der Waals surface area contributed by atoms with E-state index in [1.54, 1.807) is 18.2 Å². The van der Waals surface area contributed by atoms with Crippen molar-refractivity contribution >= 4 is 5.78 Å². The Morgan fingerprint density at radius 3 is 2.43 bits per heavy atom. The number of aliphatic hydroxyl groups excluding tert-OH is 1. The number of aliphatic hydroxyl groups is 1. The van der Waals surface area contributed by atoms with Crippen LogP contribution in [0.25, 0.3) is 0 Å². The summed E-state index contributed by atoms with van der Waals surface area (Å²) in [7, 11) is 0. The molecule has 74 valence electrons. The fourth-order valence-corrected chi connectivity index (χ4v) is 1.28.